The molecule has 0 saturated carbocycles. The van der Waals surface area contributed by atoms with Crippen LogP contribution >= 0.6 is 0 Å². The first-order valence-electron chi connectivity index (χ1n) is 11.4. The summed E-state index contributed by atoms with van der Waals surface area (Å²) in [4.78, 5) is 28.1. The number of fused-ring (bicyclic) bond motifs is 1. The Bertz CT molecular complexity index is 1070. The van der Waals surface area contributed by atoms with Crippen molar-refractivity contribution in [1.82, 2.24) is 4.90 Å². The number of hydrogen-bond acceptors (Lipinski definition) is 6. The molecule has 3 fully saturated rings. The number of anilines is 1. The lowest BCUT2D eigenvalue weighted by atomic mass is 9.79. The van der Waals surface area contributed by atoms with Crippen molar-refractivity contribution in [1.29, 1.82) is 0 Å². The largest absolute Gasteiger partial charge is 0.494 e. The fourth-order valence-electron chi connectivity index (χ4n) is 4.92. The van der Waals surface area contributed by atoms with E-state index in [9.17, 15) is 14.9 Å². The quantitative estimate of drug-likeness (QED) is 0.404. The van der Waals surface area contributed by atoms with Crippen LogP contribution in [0.4, 0.5) is 11.4 Å². The molecule has 2 aromatic carbocycles. The van der Waals surface area contributed by atoms with Gasteiger partial charge >= 0.3 is 7.12 Å². The molecule has 0 spiro atoms. The number of hydrogen-bond donors (Lipinski definition) is 0. The third-order valence-corrected chi connectivity index (χ3v) is 7.47. The Morgan fingerprint density at radius 2 is 1.61 bits per heavy atom. The zero-order valence-corrected chi connectivity index (χ0v) is 19.4. The number of amides is 1. The molecule has 0 bridgehead atoms. The number of nitrogens with zero attached hydrogens (tertiary/aromatic N) is 3. The smallest absolute Gasteiger partial charge is 0.399 e. The molecule has 3 saturated heterocycles. The zero-order chi connectivity index (χ0) is 23.5. The number of nitro groups is 1. The number of carbonyl (C=O) groups excluding carboxylic acids is 1. The van der Waals surface area contributed by atoms with Crippen LogP contribution in [0, 0.1) is 10.1 Å². The van der Waals surface area contributed by atoms with Gasteiger partial charge < -0.3 is 9.31 Å². The second kappa shape index (κ2) is 7.65. The number of benzene rings is 2. The van der Waals surface area contributed by atoms with Crippen LogP contribution in [0.2, 0.25) is 0 Å². The highest BCUT2D eigenvalue weighted by Crippen LogP contribution is 2.43. The Morgan fingerprint density at radius 1 is 1.00 bits per heavy atom. The predicted octanol–water partition coefficient (Wildman–Crippen LogP) is 3.40. The highest BCUT2D eigenvalue weighted by Gasteiger charge is 2.52. The van der Waals surface area contributed by atoms with Crippen molar-refractivity contribution >= 4 is 29.9 Å². The first-order chi connectivity index (χ1) is 15.6. The molecule has 2 atom stereocenters. The second-order valence-corrected chi connectivity index (χ2v) is 10.0. The summed E-state index contributed by atoms with van der Waals surface area (Å²) in [5, 5.41) is 11.1. The minimum absolute atomic E-state index is 0.0411. The minimum Gasteiger partial charge on any atom is -0.399 e. The van der Waals surface area contributed by atoms with E-state index in [0.717, 1.165) is 36.1 Å². The van der Waals surface area contributed by atoms with Crippen LogP contribution < -0.4 is 10.4 Å². The highest BCUT2D eigenvalue weighted by atomic mass is 16.7. The third kappa shape index (κ3) is 3.55. The van der Waals surface area contributed by atoms with Crippen molar-refractivity contribution < 1.29 is 19.0 Å². The molecule has 3 heterocycles. The summed E-state index contributed by atoms with van der Waals surface area (Å²) in [6.07, 6.45) is 1.51. The van der Waals surface area contributed by atoms with Crippen molar-refractivity contribution in [3.8, 4) is 0 Å². The lowest BCUT2D eigenvalue weighted by Gasteiger charge is -2.32. The number of non-ortho nitro benzene ring substituents is 1. The standard InChI is InChI=1S/C24H28BN3O5/c1-23(2)24(3,4)33-25(32-23)17-9-13-18(14-10-17)27-21(26-15-5-6-20(26)22(27)29)16-7-11-19(12-8-16)28(30)31/h7-14,20-21H,5-6,15H2,1-4H3/t20-,21+/m0/s1. The molecule has 172 valence electrons. The van der Waals surface area contributed by atoms with E-state index in [0.29, 0.717) is 0 Å². The van der Waals surface area contributed by atoms with Gasteiger partial charge in [-0.3, -0.25) is 24.7 Å². The summed E-state index contributed by atoms with van der Waals surface area (Å²) in [5.41, 5.74) is 1.75. The first-order valence-corrected chi connectivity index (χ1v) is 11.4. The average Bonchev–Trinajstić information content (AvgIpc) is 3.41. The van der Waals surface area contributed by atoms with Gasteiger partial charge in [0.25, 0.3) is 5.69 Å². The Morgan fingerprint density at radius 3 is 2.18 bits per heavy atom. The number of nitro benzene ring substituents is 1. The van der Waals surface area contributed by atoms with Crippen molar-refractivity contribution in [3.63, 3.8) is 0 Å². The van der Waals surface area contributed by atoms with Gasteiger partial charge in [0.2, 0.25) is 5.91 Å². The van der Waals surface area contributed by atoms with Crippen molar-refractivity contribution in [2.45, 2.75) is 63.9 Å². The third-order valence-electron chi connectivity index (χ3n) is 7.47. The van der Waals surface area contributed by atoms with Crippen molar-refractivity contribution in [2.75, 3.05) is 11.4 Å². The summed E-state index contributed by atoms with van der Waals surface area (Å²) < 4.78 is 12.3. The lowest BCUT2D eigenvalue weighted by molar-refractivity contribution is -0.384. The van der Waals surface area contributed by atoms with Crippen LogP contribution in [0.3, 0.4) is 0 Å². The van der Waals surface area contributed by atoms with Crippen molar-refractivity contribution in [2.24, 2.45) is 0 Å². The summed E-state index contributed by atoms with van der Waals surface area (Å²) in [6, 6.07) is 14.1. The van der Waals surface area contributed by atoms with Gasteiger partial charge in [-0.05, 0) is 75.8 Å². The van der Waals surface area contributed by atoms with Crippen molar-refractivity contribution in [3.05, 3.63) is 64.2 Å². The van der Waals surface area contributed by atoms with Gasteiger partial charge in [0.15, 0.2) is 0 Å². The van der Waals surface area contributed by atoms with Crippen LogP contribution in [-0.2, 0) is 14.1 Å². The molecular formula is C24H28BN3O5. The van der Waals surface area contributed by atoms with E-state index in [1.165, 1.54) is 12.1 Å². The molecule has 8 nitrogen and oxygen atoms in total. The highest BCUT2D eigenvalue weighted by molar-refractivity contribution is 6.62. The molecule has 0 radical (unpaired) electrons. The van der Waals surface area contributed by atoms with E-state index in [1.54, 1.807) is 12.1 Å². The number of carbonyl (C=O) groups is 1. The van der Waals surface area contributed by atoms with Crippen LogP contribution in [0.5, 0.6) is 0 Å². The fourth-order valence-corrected chi connectivity index (χ4v) is 4.92. The monoisotopic (exact) mass is 449 g/mol. The Kier molecular flexibility index (Phi) is 5.12. The molecular weight excluding hydrogens is 421 g/mol. The summed E-state index contributed by atoms with van der Waals surface area (Å²) >= 11 is 0. The van der Waals surface area contributed by atoms with E-state index in [1.807, 2.05) is 56.9 Å². The van der Waals surface area contributed by atoms with Gasteiger partial charge in [-0.2, -0.15) is 0 Å². The second-order valence-electron chi connectivity index (χ2n) is 10.0. The summed E-state index contributed by atoms with van der Waals surface area (Å²) in [5.74, 6) is 0.0687. The average molecular weight is 449 g/mol. The molecule has 0 aromatic heterocycles. The van der Waals surface area contributed by atoms with Crippen LogP contribution in [0.15, 0.2) is 48.5 Å². The van der Waals surface area contributed by atoms with Gasteiger partial charge in [0.1, 0.15) is 6.17 Å². The maximum atomic E-state index is 13.4. The summed E-state index contributed by atoms with van der Waals surface area (Å²) in [7, 11) is -0.466. The molecule has 33 heavy (non-hydrogen) atoms. The summed E-state index contributed by atoms with van der Waals surface area (Å²) in [6.45, 7) is 8.90. The van der Waals surface area contributed by atoms with Crippen LogP contribution in [0.1, 0.15) is 52.3 Å². The van der Waals surface area contributed by atoms with E-state index in [4.69, 9.17) is 9.31 Å². The molecule has 0 N–H and O–H groups in total. The van der Waals surface area contributed by atoms with Gasteiger partial charge in [-0.1, -0.05) is 12.1 Å². The normalized spacial score (nSPS) is 26.1. The lowest BCUT2D eigenvalue weighted by Crippen LogP contribution is -2.41. The van der Waals surface area contributed by atoms with E-state index >= 15 is 0 Å². The predicted molar refractivity (Wildman–Crippen MR) is 125 cm³/mol. The Labute approximate surface area is 193 Å². The topological polar surface area (TPSA) is 85.2 Å². The van der Waals surface area contributed by atoms with Crippen LogP contribution in [0.25, 0.3) is 0 Å². The number of rotatable bonds is 4. The molecule has 1 amide bonds. The molecule has 9 heteroatoms. The van der Waals surface area contributed by atoms with E-state index < -0.39 is 23.2 Å². The minimum atomic E-state index is -0.466. The molecule has 0 aliphatic carbocycles. The maximum Gasteiger partial charge on any atom is 0.494 e. The van der Waals surface area contributed by atoms with Gasteiger partial charge in [0.05, 0.1) is 22.2 Å². The maximum absolute atomic E-state index is 13.4. The molecule has 5 rings (SSSR count). The van der Waals surface area contributed by atoms with Gasteiger partial charge in [0, 0.05) is 24.4 Å². The Balaban J connectivity index is 1.45. The van der Waals surface area contributed by atoms with E-state index in [-0.39, 0.29) is 23.8 Å². The van der Waals surface area contributed by atoms with E-state index in [2.05, 4.69) is 4.90 Å². The first kappa shape index (κ1) is 22.1. The SMILES string of the molecule is CC1(C)OB(c2ccc(N3C(=O)[C@@H]4CCCN4[C@H]3c3ccc([N+](=O)[O-])cc3)cc2)OC1(C)C. The van der Waals surface area contributed by atoms with Gasteiger partial charge in [-0.15, -0.1) is 0 Å². The molecule has 0 unspecified atom stereocenters. The Hall–Kier alpha value is -2.75. The zero-order valence-electron chi connectivity index (χ0n) is 19.4. The molecule has 3 aliphatic heterocycles. The fraction of sp³-hybridized carbons (Fsp3) is 0.458. The molecule has 3 aliphatic rings. The van der Waals surface area contributed by atoms with Crippen LogP contribution in [-0.4, -0.2) is 46.6 Å². The molecule has 2 aromatic rings. The van der Waals surface area contributed by atoms with Gasteiger partial charge in [-0.25, -0.2) is 0 Å².